The van der Waals surface area contributed by atoms with Crippen molar-refractivity contribution < 1.29 is 0 Å². The van der Waals surface area contributed by atoms with Gasteiger partial charge in [0.2, 0.25) is 0 Å². The first-order valence-corrected chi connectivity index (χ1v) is 7.35. The predicted octanol–water partition coefficient (Wildman–Crippen LogP) is 3.76. The maximum atomic E-state index is 6.07. The van der Waals surface area contributed by atoms with Gasteiger partial charge in [0.05, 0.1) is 5.01 Å². The maximum Gasteiger partial charge on any atom is 0.0940 e. The van der Waals surface area contributed by atoms with E-state index >= 15 is 0 Å². The minimum atomic E-state index is 0.303. The Kier molecular flexibility index (Phi) is 7.43. The van der Waals surface area contributed by atoms with Gasteiger partial charge < -0.3 is 5.73 Å². The van der Waals surface area contributed by atoms with Crippen molar-refractivity contribution in [1.29, 1.82) is 0 Å². The fourth-order valence-electron chi connectivity index (χ4n) is 1.87. The summed E-state index contributed by atoms with van der Waals surface area (Å²) < 4.78 is 0. The number of rotatable bonds is 9. The van der Waals surface area contributed by atoms with Crippen LogP contribution in [0.1, 0.15) is 56.9 Å². The topological polar surface area (TPSA) is 38.9 Å². The normalized spacial score (nSPS) is 12.9. The molecule has 1 unspecified atom stereocenters. The van der Waals surface area contributed by atoms with Crippen molar-refractivity contribution in [2.24, 2.45) is 5.73 Å². The van der Waals surface area contributed by atoms with Crippen LogP contribution < -0.4 is 5.73 Å². The highest BCUT2D eigenvalue weighted by atomic mass is 32.1. The maximum absolute atomic E-state index is 6.07. The van der Waals surface area contributed by atoms with Gasteiger partial charge in [0, 0.05) is 24.0 Å². The average Bonchev–Trinajstić information content (AvgIpc) is 2.76. The number of nitrogens with two attached hydrogens (primary N) is 1. The molecular weight excluding hydrogens is 216 g/mol. The van der Waals surface area contributed by atoms with Crippen LogP contribution in [-0.2, 0) is 6.42 Å². The van der Waals surface area contributed by atoms with Gasteiger partial charge in [-0.25, -0.2) is 4.98 Å². The van der Waals surface area contributed by atoms with Crippen LogP contribution in [0.5, 0.6) is 0 Å². The molecule has 16 heavy (non-hydrogen) atoms. The Bertz CT molecular complexity index is 246. The number of hydrogen-bond acceptors (Lipinski definition) is 3. The molecule has 92 valence electrons. The summed E-state index contributed by atoms with van der Waals surface area (Å²) in [5.41, 5.74) is 6.07. The summed E-state index contributed by atoms with van der Waals surface area (Å²) in [5.74, 6) is 0. The zero-order chi connectivity index (χ0) is 11.6. The molecule has 1 aromatic heterocycles. The Balaban J connectivity index is 1.96. The van der Waals surface area contributed by atoms with E-state index in [0.29, 0.717) is 6.04 Å². The monoisotopic (exact) mass is 240 g/mol. The third kappa shape index (κ3) is 6.23. The van der Waals surface area contributed by atoms with Gasteiger partial charge in [0.25, 0.3) is 0 Å². The van der Waals surface area contributed by atoms with E-state index in [4.69, 9.17) is 5.73 Å². The number of hydrogen-bond donors (Lipinski definition) is 1. The smallest absolute Gasteiger partial charge is 0.0940 e. The summed E-state index contributed by atoms with van der Waals surface area (Å²) in [6, 6.07) is 0.303. The molecule has 0 amide bonds. The SMILES string of the molecule is CCCCCCCCC(N)Cc1nccs1. The molecule has 0 saturated carbocycles. The van der Waals surface area contributed by atoms with E-state index < -0.39 is 0 Å². The van der Waals surface area contributed by atoms with E-state index in [1.54, 1.807) is 11.3 Å². The van der Waals surface area contributed by atoms with Gasteiger partial charge in [-0.05, 0) is 6.42 Å². The van der Waals surface area contributed by atoms with Crippen molar-refractivity contribution in [2.75, 3.05) is 0 Å². The van der Waals surface area contributed by atoms with Crippen LogP contribution in [0.25, 0.3) is 0 Å². The van der Waals surface area contributed by atoms with Crippen molar-refractivity contribution in [3.05, 3.63) is 16.6 Å². The molecule has 0 saturated heterocycles. The molecule has 0 aromatic carbocycles. The van der Waals surface area contributed by atoms with Crippen molar-refractivity contribution in [3.8, 4) is 0 Å². The summed E-state index contributed by atoms with van der Waals surface area (Å²) in [7, 11) is 0. The number of unbranched alkanes of at least 4 members (excludes halogenated alkanes) is 5. The van der Waals surface area contributed by atoms with Gasteiger partial charge >= 0.3 is 0 Å². The lowest BCUT2D eigenvalue weighted by atomic mass is 10.0. The number of thiazole rings is 1. The van der Waals surface area contributed by atoms with E-state index in [1.807, 2.05) is 11.6 Å². The molecule has 2 nitrogen and oxygen atoms in total. The summed E-state index contributed by atoms with van der Waals surface area (Å²) in [6.07, 6.45) is 12.0. The molecule has 1 heterocycles. The van der Waals surface area contributed by atoms with Crippen molar-refractivity contribution in [1.82, 2.24) is 4.98 Å². The number of nitrogens with zero attached hydrogens (tertiary/aromatic N) is 1. The minimum Gasteiger partial charge on any atom is -0.327 e. The van der Waals surface area contributed by atoms with Gasteiger partial charge in [-0.2, -0.15) is 0 Å². The standard InChI is InChI=1S/C13H24N2S/c1-2-3-4-5-6-7-8-12(14)11-13-15-9-10-16-13/h9-10,12H,2-8,11,14H2,1H3. The van der Waals surface area contributed by atoms with E-state index in [-0.39, 0.29) is 0 Å². The van der Waals surface area contributed by atoms with Gasteiger partial charge in [0.1, 0.15) is 0 Å². The van der Waals surface area contributed by atoms with Crippen LogP contribution in [0.3, 0.4) is 0 Å². The van der Waals surface area contributed by atoms with E-state index in [2.05, 4.69) is 11.9 Å². The van der Waals surface area contributed by atoms with E-state index in [0.717, 1.165) is 12.8 Å². The summed E-state index contributed by atoms with van der Waals surface area (Å²) >= 11 is 1.71. The Hall–Kier alpha value is -0.410. The molecule has 1 aromatic rings. The molecule has 0 radical (unpaired) electrons. The van der Waals surface area contributed by atoms with E-state index in [9.17, 15) is 0 Å². The Morgan fingerprint density at radius 2 is 2.00 bits per heavy atom. The summed E-state index contributed by atoms with van der Waals surface area (Å²) in [6.45, 7) is 2.25. The molecule has 1 rings (SSSR count). The molecular formula is C13H24N2S. The molecule has 3 heteroatoms. The second-order valence-corrected chi connectivity index (χ2v) is 5.43. The first-order chi connectivity index (χ1) is 7.83. The first-order valence-electron chi connectivity index (χ1n) is 6.47. The lowest BCUT2D eigenvalue weighted by Crippen LogP contribution is -2.22. The highest BCUT2D eigenvalue weighted by Crippen LogP contribution is 2.12. The fraction of sp³-hybridized carbons (Fsp3) is 0.769. The molecule has 1 atom stereocenters. The van der Waals surface area contributed by atoms with Crippen LogP contribution in [0.4, 0.5) is 0 Å². The quantitative estimate of drug-likeness (QED) is 0.667. The van der Waals surface area contributed by atoms with Gasteiger partial charge in [-0.1, -0.05) is 45.4 Å². The first kappa shape index (κ1) is 13.7. The van der Waals surface area contributed by atoms with Gasteiger partial charge in [-0.3, -0.25) is 0 Å². The minimum absolute atomic E-state index is 0.303. The van der Waals surface area contributed by atoms with Crippen molar-refractivity contribution in [2.45, 2.75) is 64.3 Å². The van der Waals surface area contributed by atoms with Gasteiger partial charge in [-0.15, -0.1) is 11.3 Å². The zero-order valence-electron chi connectivity index (χ0n) is 10.3. The fourth-order valence-corrected chi connectivity index (χ4v) is 2.58. The molecule has 0 bridgehead atoms. The molecule has 0 aliphatic rings. The second kappa shape index (κ2) is 8.71. The lowest BCUT2D eigenvalue weighted by molar-refractivity contribution is 0.532. The van der Waals surface area contributed by atoms with Gasteiger partial charge in [0.15, 0.2) is 0 Å². The molecule has 0 spiro atoms. The van der Waals surface area contributed by atoms with Crippen LogP contribution in [0, 0.1) is 0 Å². The van der Waals surface area contributed by atoms with Crippen LogP contribution in [0.15, 0.2) is 11.6 Å². The van der Waals surface area contributed by atoms with Crippen LogP contribution >= 0.6 is 11.3 Å². The summed E-state index contributed by atoms with van der Waals surface area (Å²) in [5, 5.41) is 3.20. The Morgan fingerprint density at radius 3 is 2.69 bits per heavy atom. The second-order valence-electron chi connectivity index (χ2n) is 4.45. The molecule has 2 N–H and O–H groups in total. The predicted molar refractivity (Wildman–Crippen MR) is 71.8 cm³/mol. The Labute approximate surface area is 103 Å². The highest BCUT2D eigenvalue weighted by Gasteiger charge is 2.05. The molecule has 0 aliphatic heterocycles. The van der Waals surface area contributed by atoms with Crippen LogP contribution in [0.2, 0.25) is 0 Å². The Morgan fingerprint density at radius 1 is 1.25 bits per heavy atom. The van der Waals surface area contributed by atoms with Crippen molar-refractivity contribution in [3.63, 3.8) is 0 Å². The zero-order valence-corrected chi connectivity index (χ0v) is 11.1. The van der Waals surface area contributed by atoms with E-state index in [1.165, 1.54) is 43.5 Å². The molecule has 0 fully saturated rings. The summed E-state index contributed by atoms with van der Waals surface area (Å²) in [4.78, 5) is 4.26. The lowest BCUT2D eigenvalue weighted by Gasteiger charge is -2.09. The van der Waals surface area contributed by atoms with Crippen LogP contribution in [-0.4, -0.2) is 11.0 Å². The average molecular weight is 240 g/mol. The largest absolute Gasteiger partial charge is 0.327 e. The molecule has 0 aliphatic carbocycles. The third-order valence-corrected chi connectivity index (χ3v) is 3.65. The third-order valence-electron chi connectivity index (χ3n) is 2.85. The van der Waals surface area contributed by atoms with Crippen molar-refractivity contribution >= 4 is 11.3 Å². The highest BCUT2D eigenvalue weighted by molar-refractivity contribution is 7.09. The number of aromatic nitrogens is 1.